The van der Waals surface area contributed by atoms with Crippen LogP contribution in [-0.4, -0.2) is 43.3 Å². The highest BCUT2D eigenvalue weighted by atomic mass is 16.6. The fraction of sp³-hybridized carbons (Fsp3) is 0.444. The molecule has 124 valence electrons. The largest absolute Gasteiger partial charge is 0.447 e. The molecule has 0 spiro atoms. The monoisotopic (exact) mass is 317 g/mol. The van der Waals surface area contributed by atoms with E-state index in [2.05, 4.69) is 0 Å². The van der Waals surface area contributed by atoms with Crippen molar-refractivity contribution in [1.29, 1.82) is 0 Å². The minimum Gasteiger partial charge on any atom is -0.447 e. The van der Waals surface area contributed by atoms with Crippen molar-refractivity contribution in [2.24, 2.45) is 5.92 Å². The summed E-state index contributed by atoms with van der Waals surface area (Å²) < 4.78 is 10.1. The Hall–Kier alpha value is -2.14. The molecule has 1 aromatic rings. The first-order chi connectivity index (χ1) is 11.1. The van der Waals surface area contributed by atoms with Gasteiger partial charge in [-0.2, -0.15) is 0 Å². The molecule has 5 nitrogen and oxygen atoms in total. The summed E-state index contributed by atoms with van der Waals surface area (Å²) in [6.45, 7) is 2.65. The van der Waals surface area contributed by atoms with Gasteiger partial charge in [0.15, 0.2) is 0 Å². The molecule has 0 unspecified atom stereocenters. The molecule has 0 saturated carbocycles. The minimum absolute atomic E-state index is 0.220. The molecule has 0 N–H and O–H groups in total. The van der Waals surface area contributed by atoms with Crippen molar-refractivity contribution in [3.05, 3.63) is 48.0 Å². The second-order valence-corrected chi connectivity index (χ2v) is 5.63. The Morgan fingerprint density at radius 1 is 1.43 bits per heavy atom. The number of carbonyl (C=O) groups is 2. The average Bonchev–Trinajstić information content (AvgIpc) is 2.92. The molecule has 1 aromatic carbocycles. The third-order valence-corrected chi connectivity index (χ3v) is 3.82. The molecule has 1 saturated heterocycles. The first kappa shape index (κ1) is 17.2. The van der Waals surface area contributed by atoms with Crippen LogP contribution in [0, 0.1) is 5.92 Å². The van der Waals surface area contributed by atoms with Crippen LogP contribution >= 0.6 is 0 Å². The van der Waals surface area contributed by atoms with Gasteiger partial charge in [0.2, 0.25) is 5.91 Å². The lowest BCUT2D eigenvalue weighted by atomic mass is 10.0. The van der Waals surface area contributed by atoms with Crippen LogP contribution in [0.3, 0.4) is 0 Å². The van der Waals surface area contributed by atoms with Crippen LogP contribution in [0.2, 0.25) is 0 Å². The maximum absolute atomic E-state index is 12.6. The van der Waals surface area contributed by atoms with Crippen LogP contribution in [0.15, 0.2) is 42.5 Å². The number of nitrogens with zero attached hydrogens (tertiary/aromatic N) is 1. The SMILES string of the molecule is COCC/C=C/[C@@H](C)C(=O)N1C(=O)OC[C@@H]1Cc1ccccc1. The van der Waals surface area contributed by atoms with Gasteiger partial charge >= 0.3 is 6.09 Å². The van der Waals surface area contributed by atoms with Gasteiger partial charge in [-0.1, -0.05) is 49.4 Å². The summed E-state index contributed by atoms with van der Waals surface area (Å²) in [6, 6.07) is 9.56. The van der Waals surface area contributed by atoms with Gasteiger partial charge in [-0.15, -0.1) is 0 Å². The van der Waals surface area contributed by atoms with Crippen LogP contribution in [0.5, 0.6) is 0 Å². The van der Waals surface area contributed by atoms with E-state index in [-0.39, 0.29) is 24.5 Å². The molecule has 0 aromatic heterocycles. The first-order valence-corrected chi connectivity index (χ1v) is 7.83. The molecule has 0 aliphatic carbocycles. The quantitative estimate of drug-likeness (QED) is 0.573. The molecule has 0 radical (unpaired) electrons. The lowest BCUT2D eigenvalue weighted by Crippen LogP contribution is -2.42. The lowest BCUT2D eigenvalue weighted by molar-refractivity contribution is -0.131. The maximum atomic E-state index is 12.6. The van der Waals surface area contributed by atoms with Gasteiger partial charge in [0.1, 0.15) is 6.61 Å². The van der Waals surface area contributed by atoms with Crippen molar-refractivity contribution in [2.75, 3.05) is 20.3 Å². The van der Waals surface area contributed by atoms with Crippen LogP contribution in [0.25, 0.3) is 0 Å². The van der Waals surface area contributed by atoms with Crippen LogP contribution < -0.4 is 0 Å². The number of amides is 2. The highest BCUT2D eigenvalue weighted by Gasteiger charge is 2.39. The predicted octanol–water partition coefficient (Wildman–Crippen LogP) is 2.81. The number of hydrogen-bond acceptors (Lipinski definition) is 4. The van der Waals surface area contributed by atoms with Crippen molar-refractivity contribution < 1.29 is 19.1 Å². The second-order valence-electron chi connectivity index (χ2n) is 5.63. The number of hydrogen-bond donors (Lipinski definition) is 0. The molecule has 2 amide bonds. The summed E-state index contributed by atoms with van der Waals surface area (Å²) in [5.41, 5.74) is 1.08. The molecule has 1 fully saturated rings. The van der Waals surface area contributed by atoms with Gasteiger partial charge < -0.3 is 9.47 Å². The predicted molar refractivity (Wildman–Crippen MR) is 86.9 cm³/mol. The maximum Gasteiger partial charge on any atom is 0.417 e. The molecular weight excluding hydrogens is 294 g/mol. The zero-order valence-corrected chi connectivity index (χ0v) is 13.6. The van der Waals surface area contributed by atoms with Gasteiger partial charge in [0.05, 0.1) is 12.0 Å². The Labute approximate surface area is 136 Å². The molecule has 2 atom stereocenters. The van der Waals surface area contributed by atoms with E-state index >= 15 is 0 Å². The summed E-state index contributed by atoms with van der Waals surface area (Å²) in [7, 11) is 1.64. The highest BCUT2D eigenvalue weighted by Crippen LogP contribution is 2.20. The van der Waals surface area contributed by atoms with E-state index in [1.54, 1.807) is 14.0 Å². The van der Waals surface area contributed by atoms with Gasteiger partial charge in [-0.3, -0.25) is 4.79 Å². The second kappa shape index (κ2) is 8.48. The summed E-state index contributed by atoms with van der Waals surface area (Å²) in [6.07, 6.45) is 4.52. The zero-order valence-electron chi connectivity index (χ0n) is 13.6. The fourth-order valence-electron chi connectivity index (χ4n) is 2.55. The molecule has 1 aliphatic rings. The molecule has 2 rings (SSSR count). The third-order valence-electron chi connectivity index (χ3n) is 3.82. The van der Waals surface area contributed by atoms with E-state index in [1.165, 1.54) is 4.90 Å². The molecule has 23 heavy (non-hydrogen) atoms. The van der Waals surface area contributed by atoms with Crippen LogP contribution in [-0.2, 0) is 20.7 Å². The van der Waals surface area contributed by atoms with Gasteiger partial charge in [-0.05, 0) is 18.4 Å². The molecular formula is C18H23NO4. The van der Waals surface area contributed by atoms with Crippen LogP contribution in [0.4, 0.5) is 4.79 Å². The van der Waals surface area contributed by atoms with E-state index in [0.29, 0.717) is 13.0 Å². The highest BCUT2D eigenvalue weighted by molar-refractivity contribution is 5.95. The van der Waals surface area contributed by atoms with E-state index < -0.39 is 6.09 Å². The number of carbonyl (C=O) groups excluding carboxylic acids is 2. The number of imide groups is 1. The fourth-order valence-corrected chi connectivity index (χ4v) is 2.55. The lowest BCUT2D eigenvalue weighted by Gasteiger charge is -2.21. The topological polar surface area (TPSA) is 55.8 Å². The zero-order chi connectivity index (χ0) is 16.7. The summed E-state index contributed by atoms with van der Waals surface area (Å²) in [5.74, 6) is -0.585. The number of ether oxygens (including phenoxy) is 2. The Bertz CT molecular complexity index is 555. The number of cyclic esters (lactones) is 1. The van der Waals surface area contributed by atoms with E-state index in [9.17, 15) is 9.59 Å². The van der Waals surface area contributed by atoms with E-state index in [0.717, 1.165) is 12.0 Å². The Morgan fingerprint density at radius 2 is 2.17 bits per heavy atom. The van der Waals surface area contributed by atoms with Crippen molar-refractivity contribution >= 4 is 12.0 Å². The smallest absolute Gasteiger partial charge is 0.417 e. The number of rotatable bonds is 7. The van der Waals surface area contributed by atoms with Crippen LogP contribution in [0.1, 0.15) is 18.9 Å². The van der Waals surface area contributed by atoms with Crippen molar-refractivity contribution in [1.82, 2.24) is 4.90 Å². The summed E-state index contributed by atoms with van der Waals surface area (Å²) in [5, 5.41) is 0. The van der Waals surface area contributed by atoms with E-state index in [4.69, 9.17) is 9.47 Å². The van der Waals surface area contributed by atoms with Crippen molar-refractivity contribution in [2.45, 2.75) is 25.8 Å². The molecule has 5 heteroatoms. The first-order valence-electron chi connectivity index (χ1n) is 7.83. The van der Waals surface area contributed by atoms with Crippen molar-refractivity contribution in [3.63, 3.8) is 0 Å². The normalized spacial score (nSPS) is 19.1. The average molecular weight is 317 g/mol. The van der Waals surface area contributed by atoms with Crippen molar-refractivity contribution in [3.8, 4) is 0 Å². The van der Waals surface area contributed by atoms with Gasteiger partial charge in [-0.25, -0.2) is 9.69 Å². The summed E-state index contributed by atoms with van der Waals surface area (Å²) in [4.78, 5) is 25.8. The van der Waals surface area contributed by atoms with Gasteiger partial charge in [0.25, 0.3) is 0 Å². The molecule has 0 bridgehead atoms. The molecule has 1 heterocycles. The number of benzene rings is 1. The minimum atomic E-state index is -0.548. The Morgan fingerprint density at radius 3 is 2.87 bits per heavy atom. The molecule has 1 aliphatic heterocycles. The standard InChI is InChI=1S/C18H23NO4/c1-14(8-6-7-11-22-2)17(20)19-16(13-23-18(19)21)12-15-9-4-3-5-10-15/h3-6,8-10,14,16H,7,11-13H2,1-2H3/b8-6+/t14-,16+/m1/s1. The van der Waals surface area contributed by atoms with Gasteiger partial charge in [0, 0.05) is 13.7 Å². The summed E-state index contributed by atoms with van der Waals surface area (Å²) >= 11 is 0. The Balaban J connectivity index is 2.01. The Kier molecular flexibility index (Phi) is 6.35. The number of methoxy groups -OCH3 is 1. The van der Waals surface area contributed by atoms with E-state index in [1.807, 2.05) is 42.5 Å². The third kappa shape index (κ3) is 4.66.